The molecule has 2 aromatic carbocycles. The summed E-state index contributed by atoms with van der Waals surface area (Å²) in [6.07, 6.45) is 0. The SMILES string of the molecule is CC(C)c1cc(Br)ccc1Oc1cc(Br)ccc1CN. The van der Waals surface area contributed by atoms with E-state index in [4.69, 9.17) is 10.5 Å². The number of halogens is 2. The predicted molar refractivity (Wildman–Crippen MR) is 90.3 cm³/mol. The van der Waals surface area contributed by atoms with Crippen molar-refractivity contribution in [3.05, 3.63) is 56.5 Å². The van der Waals surface area contributed by atoms with Gasteiger partial charge in [-0.05, 0) is 41.8 Å². The first kappa shape index (κ1) is 15.5. The molecule has 2 rings (SSSR count). The van der Waals surface area contributed by atoms with E-state index in [1.807, 2.05) is 30.3 Å². The molecular weight excluding hydrogens is 382 g/mol. The topological polar surface area (TPSA) is 35.2 Å². The Hall–Kier alpha value is -0.840. The van der Waals surface area contributed by atoms with Crippen molar-refractivity contribution in [2.75, 3.05) is 0 Å². The first-order valence-electron chi connectivity index (χ1n) is 6.47. The van der Waals surface area contributed by atoms with Gasteiger partial charge in [-0.25, -0.2) is 0 Å². The summed E-state index contributed by atoms with van der Waals surface area (Å²) >= 11 is 6.98. The molecule has 0 heterocycles. The fourth-order valence-corrected chi connectivity index (χ4v) is 2.69. The Kier molecular flexibility index (Phi) is 5.24. The summed E-state index contributed by atoms with van der Waals surface area (Å²) in [4.78, 5) is 0. The van der Waals surface area contributed by atoms with E-state index < -0.39 is 0 Å². The second-order valence-corrected chi connectivity index (χ2v) is 6.73. The number of hydrogen-bond donors (Lipinski definition) is 1. The largest absolute Gasteiger partial charge is 0.457 e. The van der Waals surface area contributed by atoms with Gasteiger partial charge in [-0.15, -0.1) is 0 Å². The predicted octanol–water partition coefficient (Wildman–Crippen LogP) is 5.59. The van der Waals surface area contributed by atoms with E-state index in [9.17, 15) is 0 Å². The summed E-state index contributed by atoms with van der Waals surface area (Å²) in [6, 6.07) is 12.0. The minimum Gasteiger partial charge on any atom is -0.457 e. The van der Waals surface area contributed by atoms with Gasteiger partial charge in [0.15, 0.2) is 0 Å². The van der Waals surface area contributed by atoms with Crippen molar-refractivity contribution < 1.29 is 4.74 Å². The van der Waals surface area contributed by atoms with Crippen LogP contribution in [0, 0.1) is 0 Å². The molecule has 4 heteroatoms. The van der Waals surface area contributed by atoms with Gasteiger partial charge < -0.3 is 10.5 Å². The van der Waals surface area contributed by atoms with E-state index in [1.54, 1.807) is 0 Å². The molecule has 0 aliphatic rings. The fourth-order valence-electron chi connectivity index (χ4n) is 1.97. The molecule has 2 aromatic rings. The second kappa shape index (κ2) is 6.74. The summed E-state index contributed by atoms with van der Waals surface area (Å²) in [5, 5.41) is 0. The van der Waals surface area contributed by atoms with Crippen molar-refractivity contribution in [3.8, 4) is 11.5 Å². The molecule has 2 N–H and O–H groups in total. The Morgan fingerprint density at radius 1 is 1.00 bits per heavy atom. The van der Waals surface area contributed by atoms with Crippen LogP contribution in [-0.2, 0) is 6.54 Å². The van der Waals surface area contributed by atoms with E-state index in [0.29, 0.717) is 12.5 Å². The molecule has 0 bridgehead atoms. The van der Waals surface area contributed by atoms with Gasteiger partial charge in [0, 0.05) is 21.1 Å². The van der Waals surface area contributed by atoms with Gasteiger partial charge in [0.1, 0.15) is 11.5 Å². The molecule has 0 radical (unpaired) electrons. The Bertz CT molecular complexity index is 611. The van der Waals surface area contributed by atoms with Crippen molar-refractivity contribution >= 4 is 31.9 Å². The third-order valence-electron chi connectivity index (χ3n) is 3.06. The normalized spacial score (nSPS) is 10.9. The first-order chi connectivity index (χ1) is 9.51. The van der Waals surface area contributed by atoms with E-state index in [-0.39, 0.29) is 0 Å². The average molecular weight is 399 g/mol. The molecule has 0 aromatic heterocycles. The average Bonchev–Trinajstić information content (AvgIpc) is 2.41. The zero-order valence-corrected chi connectivity index (χ0v) is 14.7. The lowest BCUT2D eigenvalue weighted by Crippen LogP contribution is -2.01. The van der Waals surface area contributed by atoms with Crippen molar-refractivity contribution in [2.45, 2.75) is 26.3 Å². The van der Waals surface area contributed by atoms with Crippen molar-refractivity contribution in [1.29, 1.82) is 0 Å². The monoisotopic (exact) mass is 397 g/mol. The van der Waals surface area contributed by atoms with Gasteiger partial charge in [-0.3, -0.25) is 0 Å². The molecule has 0 fully saturated rings. The molecule has 0 saturated carbocycles. The number of ether oxygens (including phenoxy) is 1. The summed E-state index contributed by atoms with van der Waals surface area (Å²) in [6.45, 7) is 4.76. The molecule has 0 saturated heterocycles. The Balaban J connectivity index is 2.42. The van der Waals surface area contributed by atoms with Crippen LogP contribution in [0.5, 0.6) is 11.5 Å². The van der Waals surface area contributed by atoms with Gasteiger partial charge in [-0.1, -0.05) is 51.8 Å². The summed E-state index contributed by atoms with van der Waals surface area (Å²) in [7, 11) is 0. The zero-order valence-electron chi connectivity index (χ0n) is 11.5. The van der Waals surface area contributed by atoms with E-state index in [1.165, 1.54) is 5.56 Å². The molecule has 0 spiro atoms. The van der Waals surface area contributed by atoms with Crippen LogP contribution in [-0.4, -0.2) is 0 Å². The van der Waals surface area contributed by atoms with Crippen LogP contribution >= 0.6 is 31.9 Å². The Morgan fingerprint density at radius 3 is 2.30 bits per heavy atom. The van der Waals surface area contributed by atoms with Crippen LogP contribution in [0.3, 0.4) is 0 Å². The van der Waals surface area contributed by atoms with Crippen LogP contribution in [0.1, 0.15) is 30.9 Å². The number of hydrogen-bond acceptors (Lipinski definition) is 2. The van der Waals surface area contributed by atoms with Gasteiger partial charge >= 0.3 is 0 Å². The summed E-state index contributed by atoms with van der Waals surface area (Å²) in [5.74, 6) is 2.05. The number of benzene rings is 2. The fraction of sp³-hybridized carbons (Fsp3) is 0.250. The molecule has 0 aliphatic carbocycles. The lowest BCUT2D eigenvalue weighted by molar-refractivity contribution is 0.467. The van der Waals surface area contributed by atoms with E-state index in [2.05, 4.69) is 51.8 Å². The highest BCUT2D eigenvalue weighted by atomic mass is 79.9. The van der Waals surface area contributed by atoms with Crippen LogP contribution < -0.4 is 10.5 Å². The number of rotatable bonds is 4. The maximum absolute atomic E-state index is 6.10. The van der Waals surface area contributed by atoms with Crippen LogP contribution in [0.25, 0.3) is 0 Å². The second-order valence-electron chi connectivity index (χ2n) is 4.90. The minimum absolute atomic E-state index is 0.385. The van der Waals surface area contributed by atoms with E-state index in [0.717, 1.165) is 26.0 Å². The molecule has 0 aliphatic heterocycles. The molecule has 0 unspecified atom stereocenters. The highest BCUT2D eigenvalue weighted by Gasteiger charge is 2.11. The molecule has 0 atom stereocenters. The summed E-state index contributed by atoms with van der Waals surface area (Å²) in [5.41, 5.74) is 7.93. The number of nitrogens with two attached hydrogens (primary N) is 1. The summed E-state index contributed by atoms with van der Waals surface area (Å²) < 4.78 is 8.13. The minimum atomic E-state index is 0.385. The van der Waals surface area contributed by atoms with Crippen LogP contribution in [0.15, 0.2) is 45.3 Å². The van der Waals surface area contributed by atoms with Gasteiger partial charge in [-0.2, -0.15) is 0 Å². The highest BCUT2D eigenvalue weighted by Crippen LogP contribution is 2.35. The first-order valence-corrected chi connectivity index (χ1v) is 8.05. The molecule has 2 nitrogen and oxygen atoms in total. The van der Waals surface area contributed by atoms with E-state index >= 15 is 0 Å². The van der Waals surface area contributed by atoms with Crippen molar-refractivity contribution in [1.82, 2.24) is 0 Å². The Morgan fingerprint density at radius 2 is 1.65 bits per heavy atom. The molecular formula is C16H17Br2NO. The third kappa shape index (κ3) is 3.62. The highest BCUT2D eigenvalue weighted by molar-refractivity contribution is 9.10. The zero-order chi connectivity index (χ0) is 14.7. The van der Waals surface area contributed by atoms with Crippen molar-refractivity contribution in [3.63, 3.8) is 0 Å². The lowest BCUT2D eigenvalue weighted by Gasteiger charge is -2.16. The molecule has 20 heavy (non-hydrogen) atoms. The standard InChI is InChI=1S/C16H17Br2NO/c1-10(2)14-7-12(17)5-6-15(14)20-16-8-13(18)4-3-11(16)9-19/h3-8,10H,9,19H2,1-2H3. The maximum Gasteiger partial charge on any atom is 0.133 e. The van der Waals surface area contributed by atoms with Gasteiger partial charge in [0.2, 0.25) is 0 Å². The molecule has 106 valence electrons. The van der Waals surface area contributed by atoms with Crippen LogP contribution in [0.2, 0.25) is 0 Å². The van der Waals surface area contributed by atoms with Crippen molar-refractivity contribution in [2.24, 2.45) is 5.73 Å². The quantitative estimate of drug-likeness (QED) is 0.728. The van der Waals surface area contributed by atoms with Gasteiger partial charge in [0.05, 0.1) is 0 Å². The smallest absolute Gasteiger partial charge is 0.133 e. The van der Waals surface area contributed by atoms with Crippen LogP contribution in [0.4, 0.5) is 0 Å². The van der Waals surface area contributed by atoms with Gasteiger partial charge in [0.25, 0.3) is 0 Å². The lowest BCUT2D eigenvalue weighted by atomic mass is 10.0. The molecule has 0 amide bonds. The maximum atomic E-state index is 6.10. The Labute approximate surface area is 136 Å². The third-order valence-corrected chi connectivity index (χ3v) is 4.05.